The Balaban J connectivity index is 1.70. The van der Waals surface area contributed by atoms with Gasteiger partial charge in [0.05, 0.1) is 12.0 Å². The van der Waals surface area contributed by atoms with E-state index >= 15 is 0 Å². The van der Waals surface area contributed by atoms with E-state index in [1.807, 2.05) is 16.3 Å². The monoisotopic (exact) mass is 252 g/mol. The average Bonchev–Trinajstić information content (AvgIpc) is 3.02. The molecule has 0 unspecified atom stereocenters. The molecule has 2 saturated heterocycles. The number of thiophene rings is 1. The van der Waals surface area contributed by atoms with E-state index in [0.717, 1.165) is 36.8 Å². The molecular weight excluding hydrogens is 236 g/mol. The second-order valence-corrected chi connectivity index (χ2v) is 5.65. The van der Waals surface area contributed by atoms with Gasteiger partial charge in [0.2, 0.25) is 0 Å². The van der Waals surface area contributed by atoms with Gasteiger partial charge in [-0.1, -0.05) is 0 Å². The first-order chi connectivity index (χ1) is 8.28. The third-order valence-corrected chi connectivity index (χ3v) is 4.60. The van der Waals surface area contributed by atoms with Gasteiger partial charge in [-0.05, 0) is 11.8 Å². The Bertz CT molecular complexity index is 420. The van der Waals surface area contributed by atoms with Crippen molar-refractivity contribution in [1.82, 2.24) is 10.2 Å². The van der Waals surface area contributed by atoms with Crippen LogP contribution in [-0.4, -0.2) is 44.1 Å². The smallest absolute Gasteiger partial charge is 0.264 e. The summed E-state index contributed by atoms with van der Waals surface area (Å²) in [7, 11) is 1.63. The lowest BCUT2D eigenvalue weighted by Crippen LogP contribution is -2.31. The SMILES string of the molecule is COc1csc(C(=O)N2C[C@H]3CNC[C@H]3C2)c1. The van der Waals surface area contributed by atoms with Gasteiger partial charge < -0.3 is 15.0 Å². The minimum atomic E-state index is 0.160. The molecule has 0 aliphatic carbocycles. The van der Waals surface area contributed by atoms with Gasteiger partial charge in [-0.2, -0.15) is 0 Å². The van der Waals surface area contributed by atoms with Gasteiger partial charge in [0, 0.05) is 37.6 Å². The maximum atomic E-state index is 12.3. The van der Waals surface area contributed by atoms with Crippen LogP contribution >= 0.6 is 11.3 Å². The van der Waals surface area contributed by atoms with E-state index in [2.05, 4.69) is 5.32 Å². The molecule has 5 heteroatoms. The van der Waals surface area contributed by atoms with Crippen LogP contribution in [0, 0.1) is 11.8 Å². The molecule has 17 heavy (non-hydrogen) atoms. The van der Waals surface area contributed by atoms with Gasteiger partial charge in [0.25, 0.3) is 5.91 Å². The summed E-state index contributed by atoms with van der Waals surface area (Å²) in [5.74, 6) is 2.24. The summed E-state index contributed by atoms with van der Waals surface area (Å²) in [6, 6.07) is 1.83. The van der Waals surface area contributed by atoms with Crippen LogP contribution in [0.3, 0.4) is 0 Å². The number of fused-ring (bicyclic) bond motifs is 1. The molecular formula is C12H16N2O2S. The van der Waals surface area contributed by atoms with Crippen LogP contribution in [0.1, 0.15) is 9.67 Å². The predicted molar refractivity (Wildman–Crippen MR) is 66.6 cm³/mol. The number of carbonyl (C=O) groups is 1. The number of carbonyl (C=O) groups excluding carboxylic acids is 1. The molecule has 2 atom stereocenters. The van der Waals surface area contributed by atoms with E-state index < -0.39 is 0 Å². The number of ether oxygens (including phenoxy) is 1. The molecule has 3 heterocycles. The summed E-state index contributed by atoms with van der Waals surface area (Å²) in [6.45, 7) is 3.91. The zero-order valence-electron chi connectivity index (χ0n) is 9.81. The molecule has 0 aromatic carbocycles. The highest BCUT2D eigenvalue weighted by Crippen LogP contribution is 2.29. The van der Waals surface area contributed by atoms with E-state index in [9.17, 15) is 4.79 Å². The number of methoxy groups -OCH3 is 1. The first-order valence-electron chi connectivity index (χ1n) is 5.90. The third kappa shape index (κ3) is 1.93. The summed E-state index contributed by atoms with van der Waals surface area (Å²) in [6.07, 6.45) is 0. The van der Waals surface area contributed by atoms with E-state index in [1.165, 1.54) is 11.3 Å². The van der Waals surface area contributed by atoms with Gasteiger partial charge >= 0.3 is 0 Å². The molecule has 2 fully saturated rings. The van der Waals surface area contributed by atoms with Crippen LogP contribution in [-0.2, 0) is 0 Å². The van der Waals surface area contributed by atoms with E-state index in [0.29, 0.717) is 11.8 Å². The van der Waals surface area contributed by atoms with E-state index in [-0.39, 0.29) is 5.91 Å². The fourth-order valence-corrected chi connectivity index (χ4v) is 3.54. The van der Waals surface area contributed by atoms with E-state index in [4.69, 9.17) is 4.74 Å². The Kier molecular flexibility index (Phi) is 2.80. The summed E-state index contributed by atoms with van der Waals surface area (Å²) in [5.41, 5.74) is 0. The van der Waals surface area contributed by atoms with Crippen LogP contribution < -0.4 is 10.1 Å². The van der Waals surface area contributed by atoms with Gasteiger partial charge in [0.15, 0.2) is 0 Å². The number of amides is 1. The number of likely N-dealkylation sites (tertiary alicyclic amines) is 1. The van der Waals surface area contributed by atoms with Crippen LogP contribution in [0.4, 0.5) is 0 Å². The summed E-state index contributed by atoms with van der Waals surface area (Å²) >= 11 is 1.47. The molecule has 0 radical (unpaired) electrons. The minimum absolute atomic E-state index is 0.160. The van der Waals surface area contributed by atoms with Crippen LogP contribution in [0.25, 0.3) is 0 Å². The molecule has 0 bridgehead atoms. The molecule has 2 aliphatic heterocycles. The number of rotatable bonds is 2. The average molecular weight is 252 g/mol. The quantitative estimate of drug-likeness (QED) is 0.855. The first kappa shape index (κ1) is 11.0. The Morgan fingerprint density at radius 2 is 2.18 bits per heavy atom. The van der Waals surface area contributed by atoms with Gasteiger partial charge in [-0.15, -0.1) is 11.3 Å². The van der Waals surface area contributed by atoms with Crippen molar-refractivity contribution in [3.63, 3.8) is 0 Å². The van der Waals surface area contributed by atoms with Crippen LogP contribution in [0.5, 0.6) is 5.75 Å². The maximum absolute atomic E-state index is 12.3. The Morgan fingerprint density at radius 1 is 1.47 bits per heavy atom. The lowest BCUT2D eigenvalue weighted by Gasteiger charge is -2.16. The number of nitrogens with zero attached hydrogens (tertiary/aromatic N) is 1. The maximum Gasteiger partial charge on any atom is 0.264 e. The molecule has 3 rings (SSSR count). The molecule has 1 aromatic heterocycles. The molecule has 2 aliphatic rings. The Morgan fingerprint density at radius 3 is 2.76 bits per heavy atom. The molecule has 1 amide bonds. The fraction of sp³-hybridized carbons (Fsp3) is 0.583. The van der Waals surface area contributed by atoms with Crippen molar-refractivity contribution in [3.8, 4) is 5.75 Å². The normalized spacial score (nSPS) is 27.2. The molecule has 4 nitrogen and oxygen atoms in total. The zero-order chi connectivity index (χ0) is 11.8. The second-order valence-electron chi connectivity index (χ2n) is 4.74. The second kappa shape index (κ2) is 4.31. The molecule has 0 spiro atoms. The molecule has 92 valence electrons. The Hall–Kier alpha value is -1.07. The summed E-state index contributed by atoms with van der Waals surface area (Å²) in [4.78, 5) is 15.0. The molecule has 0 saturated carbocycles. The van der Waals surface area contributed by atoms with Gasteiger partial charge in [-0.25, -0.2) is 0 Å². The standard InChI is InChI=1S/C12H16N2O2S/c1-16-10-2-11(17-7-10)12(15)14-5-8-3-13-4-9(8)6-14/h2,7-9,13H,3-6H2,1H3/t8-,9+. The zero-order valence-corrected chi connectivity index (χ0v) is 10.6. The molecule has 1 N–H and O–H groups in total. The highest BCUT2D eigenvalue weighted by atomic mass is 32.1. The van der Waals surface area contributed by atoms with Gasteiger partial charge in [0.1, 0.15) is 5.75 Å². The van der Waals surface area contributed by atoms with Gasteiger partial charge in [-0.3, -0.25) is 4.79 Å². The predicted octanol–water partition coefficient (Wildman–Crippen LogP) is 1.05. The lowest BCUT2D eigenvalue weighted by molar-refractivity contribution is 0.0786. The number of hydrogen-bond acceptors (Lipinski definition) is 4. The molecule has 1 aromatic rings. The van der Waals surface area contributed by atoms with E-state index in [1.54, 1.807) is 7.11 Å². The first-order valence-corrected chi connectivity index (χ1v) is 6.78. The number of nitrogens with one attached hydrogen (secondary N) is 1. The highest BCUT2D eigenvalue weighted by molar-refractivity contribution is 7.12. The fourth-order valence-electron chi connectivity index (χ4n) is 2.72. The van der Waals surface area contributed by atoms with Crippen molar-refractivity contribution >= 4 is 17.2 Å². The van der Waals surface area contributed by atoms with Crippen LogP contribution in [0.15, 0.2) is 11.4 Å². The summed E-state index contributed by atoms with van der Waals surface area (Å²) < 4.78 is 5.11. The van der Waals surface area contributed by atoms with Crippen LogP contribution in [0.2, 0.25) is 0 Å². The minimum Gasteiger partial charge on any atom is -0.496 e. The van der Waals surface area contributed by atoms with Crippen molar-refractivity contribution in [3.05, 3.63) is 16.3 Å². The number of hydrogen-bond donors (Lipinski definition) is 1. The lowest BCUT2D eigenvalue weighted by atomic mass is 10.0. The Labute approximate surface area is 105 Å². The highest BCUT2D eigenvalue weighted by Gasteiger charge is 2.38. The van der Waals surface area contributed by atoms with Crippen molar-refractivity contribution in [2.75, 3.05) is 33.3 Å². The summed E-state index contributed by atoms with van der Waals surface area (Å²) in [5, 5.41) is 5.26. The largest absolute Gasteiger partial charge is 0.496 e. The topological polar surface area (TPSA) is 41.6 Å². The van der Waals surface area contributed by atoms with Crippen molar-refractivity contribution in [2.24, 2.45) is 11.8 Å². The van der Waals surface area contributed by atoms with Crippen molar-refractivity contribution in [2.45, 2.75) is 0 Å². The van der Waals surface area contributed by atoms with Crippen molar-refractivity contribution in [1.29, 1.82) is 0 Å². The third-order valence-electron chi connectivity index (χ3n) is 3.70. The van der Waals surface area contributed by atoms with Crippen molar-refractivity contribution < 1.29 is 9.53 Å².